The van der Waals surface area contributed by atoms with Crippen molar-refractivity contribution in [1.82, 2.24) is 0 Å². The third kappa shape index (κ3) is 5.83. The lowest BCUT2D eigenvalue weighted by Crippen LogP contribution is -1.62. The highest BCUT2D eigenvalue weighted by Crippen LogP contribution is 1.92. The molecule has 1 aromatic carbocycles. The zero-order chi connectivity index (χ0) is 7.82. The maximum Gasteiger partial charge on any atom is 0.000281 e. The van der Waals surface area contributed by atoms with Gasteiger partial charge in [0.1, 0.15) is 0 Å². The van der Waals surface area contributed by atoms with Crippen LogP contribution in [0.25, 0.3) is 0 Å². The van der Waals surface area contributed by atoms with Gasteiger partial charge in [-0.05, 0) is 6.92 Å². The lowest BCUT2D eigenvalue weighted by molar-refractivity contribution is 1.48. The van der Waals surface area contributed by atoms with Gasteiger partial charge in [0.25, 0.3) is 0 Å². The molecule has 0 amide bonds. The van der Waals surface area contributed by atoms with Gasteiger partial charge in [-0.1, -0.05) is 58.7 Å². The molecule has 0 spiro atoms. The molecular weight excluding hydrogens is 188 g/mol. The first kappa shape index (κ1) is 9.70. The van der Waals surface area contributed by atoms with Crippen LogP contribution in [-0.4, -0.2) is 5.33 Å². The van der Waals surface area contributed by atoms with Crippen molar-refractivity contribution in [1.29, 1.82) is 0 Å². The third-order valence-corrected chi connectivity index (χ3v) is 0.940. The van der Waals surface area contributed by atoms with Crippen molar-refractivity contribution in [3.05, 3.63) is 35.9 Å². The molecule has 0 unspecified atom stereocenters. The van der Waals surface area contributed by atoms with Crippen LogP contribution in [0.4, 0.5) is 0 Å². The molecule has 0 fully saturated rings. The molecule has 0 nitrogen and oxygen atoms in total. The van der Waals surface area contributed by atoms with E-state index < -0.39 is 0 Å². The van der Waals surface area contributed by atoms with Gasteiger partial charge in [0.05, 0.1) is 0 Å². The molecule has 56 valence electrons. The predicted octanol–water partition coefficient (Wildman–Crippen LogP) is 3.40. The van der Waals surface area contributed by atoms with Crippen LogP contribution >= 0.6 is 15.9 Å². The summed E-state index contributed by atoms with van der Waals surface area (Å²) in [7, 11) is 0. The van der Waals surface area contributed by atoms with Crippen molar-refractivity contribution >= 4 is 15.9 Å². The minimum absolute atomic E-state index is 1.06. The van der Waals surface area contributed by atoms with Crippen LogP contribution in [-0.2, 0) is 0 Å². The summed E-state index contributed by atoms with van der Waals surface area (Å²) in [4.78, 5) is 0. The van der Waals surface area contributed by atoms with Crippen LogP contribution in [0.5, 0.6) is 0 Å². The van der Waals surface area contributed by atoms with Crippen molar-refractivity contribution < 1.29 is 0 Å². The summed E-state index contributed by atoms with van der Waals surface area (Å²) in [5.41, 5.74) is 1.32. The zero-order valence-electron chi connectivity index (χ0n) is 6.47. The van der Waals surface area contributed by atoms with E-state index in [0.717, 1.165) is 5.33 Å². The Balaban J connectivity index is 0.000000236. The third-order valence-electron chi connectivity index (χ3n) is 0.940. The largest absolute Gasteiger partial charge is 0.0931 e. The summed E-state index contributed by atoms with van der Waals surface area (Å²) in [5.74, 6) is 0. The number of hydrogen-bond acceptors (Lipinski definition) is 0. The number of halogens is 1. The Morgan fingerprint density at radius 2 is 1.60 bits per heavy atom. The highest BCUT2D eigenvalue weighted by Gasteiger charge is 1.72. The molecule has 0 atom stereocenters. The second-order valence-corrected chi connectivity index (χ2v) is 3.04. The normalized spacial score (nSPS) is 7.90. The Hall–Kier alpha value is -0.300. The smallest absolute Gasteiger partial charge is 0.000281 e. The van der Waals surface area contributed by atoms with Crippen LogP contribution in [0.2, 0.25) is 0 Å². The molecule has 10 heavy (non-hydrogen) atoms. The van der Waals surface area contributed by atoms with E-state index in [1.54, 1.807) is 0 Å². The molecule has 0 saturated carbocycles. The van der Waals surface area contributed by atoms with E-state index in [0.29, 0.717) is 0 Å². The van der Waals surface area contributed by atoms with Crippen molar-refractivity contribution in [3.63, 3.8) is 0 Å². The molecule has 1 rings (SSSR count). The van der Waals surface area contributed by atoms with Gasteiger partial charge >= 0.3 is 0 Å². The molecule has 1 heteroatoms. The van der Waals surface area contributed by atoms with E-state index >= 15 is 0 Å². The molecule has 0 aliphatic carbocycles. The summed E-state index contributed by atoms with van der Waals surface area (Å²) in [5, 5.41) is 1.06. The fraction of sp³-hybridized carbons (Fsp3) is 0.333. The summed E-state index contributed by atoms with van der Waals surface area (Å²) >= 11 is 3.15. The van der Waals surface area contributed by atoms with Gasteiger partial charge < -0.3 is 0 Å². The minimum atomic E-state index is 1.06. The van der Waals surface area contributed by atoms with Gasteiger partial charge in [0.2, 0.25) is 0 Å². The first-order valence-electron chi connectivity index (χ1n) is 3.39. The fourth-order valence-electron chi connectivity index (χ4n) is 0.534. The maximum absolute atomic E-state index is 3.15. The van der Waals surface area contributed by atoms with E-state index in [4.69, 9.17) is 0 Å². The quantitative estimate of drug-likeness (QED) is 0.564. The van der Waals surface area contributed by atoms with Crippen LogP contribution < -0.4 is 0 Å². The second kappa shape index (κ2) is 6.81. The van der Waals surface area contributed by atoms with E-state index in [9.17, 15) is 0 Å². The minimum Gasteiger partial charge on any atom is -0.0931 e. The fourth-order valence-corrected chi connectivity index (χ4v) is 0.534. The number of rotatable bonds is 0. The Morgan fingerprint density at radius 1 is 1.20 bits per heavy atom. The first-order chi connectivity index (χ1) is 4.81. The molecule has 0 aliphatic rings. The summed E-state index contributed by atoms with van der Waals surface area (Å²) < 4.78 is 0. The number of benzene rings is 1. The molecule has 0 aromatic heterocycles. The molecule has 0 saturated heterocycles. The first-order valence-corrected chi connectivity index (χ1v) is 4.51. The Kier molecular flexibility index (Phi) is 6.61. The van der Waals surface area contributed by atoms with Crippen molar-refractivity contribution in [2.24, 2.45) is 0 Å². The number of alkyl halides is 1. The number of aryl methyl sites for hydroxylation is 1. The Labute approximate surface area is 71.4 Å². The Bertz CT molecular complexity index is 146. The van der Waals surface area contributed by atoms with Crippen molar-refractivity contribution in [2.45, 2.75) is 13.8 Å². The molecule has 1 aromatic rings. The zero-order valence-corrected chi connectivity index (χ0v) is 8.06. The summed E-state index contributed by atoms with van der Waals surface area (Å²) in [6, 6.07) is 10.3. The molecule has 0 radical (unpaired) electrons. The highest BCUT2D eigenvalue weighted by atomic mass is 79.9. The van der Waals surface area contributed by atoms with Gasteiger partial charge in [0, 0.05) is 5.33 Å². The highest BCUT2D eigenvalue weighted by molar-refractivity contribution is 9.09. The van der Waals surface area contributed by atoms with Gasteiger partial charge in [0.15, 0.2) is 0 Å². The van der Waals surface area contributed by atoms with E-state index in [2.05, 4.69) is 35.0 Å². The topological polar surface area (TPSA) is 0 Å². The number of hydrogen-bond donors (Lipinski definition) is 0. The SMILES string of the molecule is CCBr.Cc1ccccc1. The standard InChI is InChI=1S/C7H8.C2H5Br/c1-7-5-3-2-4-6-7;1-2-3/h2-6H,1H3;2H2,1H3. The van der Waals surface area contributed by atoms with Gasteiger partial charge in [-0.2, -0.15) is 0 Å². The molecule has 0 heterocycles. The Morgan fingerprint density at radius 3 is 1.80 bits per heavy atom. The monoisotopic (exact) mass is 200 g/mol. The van der Waals surface area contributed by atoms with Gasteiger partial charge in [-0.15, -0.1) is 0 Å². The van der Waals surface area contributed by atoms with Crippen LogP contribution in [0.3, 0.4) is 0 Å². The van der Waals surface area contributed by atoms with Crippen LogP contribution in [0.1, 0.15) is 12.5 Å². The summed E-state index contributed by atoms with van der Waals surface area (Å²) in [6.45, 7) is 4.12. The predicted molar refractivity (Wildman–Crippen MR) is 50.6 cm³/mol. The molecule has 0 N–H and O–H groups in total. The van der Waals surface area contributed by atoms with Crippen molar-refractivity contribution in [2.75, 3.05) is 5.33 Å². The molecule has 0 bridgehead atoms. The van der Waals surface area contributed by atoms with E-state index in [1.807, 2.05) is 25.1 Å². The maximum atomic E-state index is 3.15. The van der Waals surface area contributed by atoms with Gasteiger partial charge in [-0.3, -0.25) is 0 Å². The molecule has 0 aliphatic heterocycles. The van der Waals surface area contributed by atoms with Gasteiger partial charge in [-0.25, -0.2) is 0 Å². The van der Waals surface area contributed by atoms with Crippen LogP contribution in [0.15, 0.2) is 30.3 Å². The summed E-state index contributed by atoms with van der Waals surface area (Å²) in [6.07, 6.45) is 0. The lowest BCUT2D eigenvalue weighted by atomic mass is 10.2. The second-order valence-electron chi connectivity index (χ2n) is 1.92. The average molecular weight is 201 g/mol. The molecular formula is C9H13Br. The average Bonchev–Trinajstić information content (AvgIpc) is 1.91. The van der Waals surface area contributed by atoms with E-state index in [1.165, 1.54) is 5.56 Å². The lowest BCUT2D eigenvalue weighted by Gasteiger charge is -1.82. The van der Waals surface area contributed by atoms with E-state index in [-0.39, 0.29) is 0 Å². The van der Waals surface area contributed by atoms with Crippen LogP contribution in [0, 0.1) is 6.92 Å². The van der Waals surface area contributed by atoms with Crippen molar-refractivity contribution in [3.8, 4) is 0 Å².